The van der Waals surface area contributed by atoms with E-state index in [0.717, 1.165) is 10.2 Å². The van der Waals surface area contributed by atoms with Gasteiger partial charge in [0.05, 0.1) is 23.4 Å². The Kier molecular flexibility index (Phi) is 7.02. The molecule has 7 nitrogen and oxygen atoms in total. The molecule has 2 aromatic carbocycles. The third-order valence-electron chi connectivity index (χ3n) is 3.89. The highest BCUT2D eigenvalue weighted by atomic mass is 32.1. The number of thiazole rings is 1. The van der Waals surface area contributed by atoms with Crippen molar-refractivity contribution in [3.63, 3.8) is 0 Å². The summed E-state index contributed by atoms with van der Waals surface area (Å²) < 4.78 is 17.2. The van der Waals surface area contributed by atoms with Crippen LogP contribution in [0.15, 0.2) is 42.5 Å². The number of ether oxygens (including phenoxy) is 3. The number of rotatable bonds is 9. The second-order valence-corrected chi connectivity index (χ2v) is 7.06. The van der Waals surface area contributed by atoms with Gasteiger partial charge in [0.1, 0.15) is 18.2 Å². The van der Waals surface area contributed by atoms with Crippen LogP contribution in [0.4, 0.5) is 0 Å². The van der Waals surface area contributed by atoms with E-state index in [2.05, 4.69) is 10.3 Å². The van der Waals surface area contributed by atoms with E-state index in [0.29, 0.717) is 35.3 Å². The zero-order valence-corrected chi connectivity index (χ0v) is 17.1. The Balaban J connectivity index is 1.52. The van der Waals surface area contributed by atoms with Crippen molar-refractivity contribution in [1.82, 2.24) is 10.3 Å². The molecule has 1 aromatic heterocycles. The van der Waals surface area contributed by atoms with Gasteiger partial charge in [0.2, 0.25) is 0 Å². The summed E-state index contributed by atoms with van der Waals surface area (Å²) in [7, 11) is 0. The Labute approximate surface area is 172 Å². The van der Waals surface area contributed by atoms with Gasteiger partial charge in [-0.15, -0.1) is 11.3 Å². The molecule has 152 valence electrons. The van der Waals surface area contributed by atoms with Gasteiger partial charge in [-0.3, -0.25) is 9.59 Å². The van der Waals surface area contributed by atoms with Crippen LogP contribution in [0.3, 0.4) is 0 Å². The lowest BCUT2D eigenvalue weighted by molar-refractivity contribution is -0.143. The summed E-state index contributed by atoms with van der Waals surface area (Å²) in [6, 6.07) is 12.6. The minimum Gasteiger partial charge on any atom is -0.490 e. The van der Waals surface area contributed by atoms with Crippen molar-refractivity contribution in [2.75, 3.05) is 19.8 Å². The number of nitrogens with zero attached hydrogens (tertiary/aromatic N) is 1. The number of carbonyl (C=O) groups excluding carboxylic acids is 2. The zero-order chi connectivity index (χ0) is 20.6. The molecule has 0 aliphatic heterocycles. The van der Waals surface area contributed by atoms with Gasteiger partial charge in [-0.1, -0.05) is 12.1 Å². The van der Waals surface area contributed by atoms with Gasteiger partial charge in [0, 0.05) is 5.56 Å². The van der Waals surface area contributed by atoms with Crippen molar-refractivity contribution in [1.29, 1.82) is 0 Å². The third kappa shape index (κ3) is 5.45. The molecule has 3 aromatic rings. The quantitative estimate of drug-likeness (QED) is 0.539. The topological polar surface area (TPSA) is 86.8 Å². The summed E-state index contributed by atoms with van der Waals surface area (Å²) in [5, 5.41) is 3.26. The Bertz CT molecular complexity index is 969. The van der Waals surface area contributed by atoms with Gasteiger partial charge < -0.3 is 19.5 Å². The molecule has 1 N–H and O–H groups in total. The van der Waals surface area contributed by atoms with Crippen LogP contribution < -0.4 is 14.8 Å². The second-order valence-electron chi connectivity index (χ2n) is 5.95. The molecule has 0 atom stereocenters. The highest BCUT2D eigenvalue weighted by Gasteiger charge is 2.14. The van der Waals surface area contributed by atoms with Crippen LogP contribution >= 0.6 is 11.3 Å². The number of benzene rings is 2. The van der Waals surface area contributed by atoms with Gasteiger partial charge in [0.15, 0.2) is 11.5 Å². The zero-order valence-electron chi connectivity index (χ0n) is 16.3. The molecule has 0 bridgehead atoms. The van der Waals surface area contributed by atoms with Crippen molar-refractivity contribution in [2.24, 2.45) is 0 Å². The molecule has 0 aliphatic carbocycles. The number of para-hydroxylation sites is 1. The van der Waals surface area contributed by atoms with Crippen LogP contribution in [-0.4, -0.2) is 36.6 Å². The van der Waals surface area contributed by atoms with E-state index in [1.54, 1.807) is 18.2 Å². The normalized spacial score (nSPS) is 10.6. The number of amides is 1. The molecule has 29 heavy (non-hydrogen) atoms. The molecule has 0 spiro atoms. The summed E-state index contributed by atoms with van der Waals surface area (Å²) in [5.41, 5.74) is 1.24. The molecule has 0 aliphatic rings. The first-order chi connectivity index (χ1) is 14.1. The van der Waals surface area contributed by atoms with Crippen molar-refractivity contribution in [2.45, 2.75) is 20.5 Å². The number of aromatic nitrogens is 1. The summed E-state index contributed by atoms with van der Waals surface area (Å²) in [5.74, 6) is 0.126. The average Bonchev–Trinajstić information content (AvgIpc) is 3.15. The summed E-state index contributed by atoms with van der Waals surface area (Å²) in [6.45, 7) is 4.50. The highest BCUT2D eigenvalue weighted by Crippen LogP contribution is 2.28. The lowest BCUT2D eigenvalue weighted by Crippen LogP contribution is -2.30. The van der Waals surface area contributed by atoms with E-state index in [4.69, 9.17) is 14.2 Å². The first-order valence-electron chi connectivity index (χ1n) is 9.28. The summed E-state index contributed by atoms with van der Waals surface area (Å²) in [6.07, 6.45) is 0. The largest absolute Gasteiger partial charge is 0.490 e. The van der Waals surface area contributed by atoms with E-state index in [-0.39, 0.29) is 13.2 Å². The van der Waals surface area contributed by atoms with Gasteiger partial charge in [-0.2, -0.15) is 0 Å². The molecule has 0 radical (unpaired) electrons. The van der Waals surface area contributed by atoms with Gasteiger partial charge in [0.25, 0.3) is 5.91 Å². The molecular formula is C21H22N2O5S. The lowest BCUT2D eigenvalue weighted by Gasteiger charge is -2.12. The number of fused-ring (bicyclic) bond motifs is 1. The van der Waals surface area contributed by atoms with Crippen molar-refractivity contribution < 1.29 is 23.8 Å². The summed E-state index contributed by atoms with van der Waals surface area (Å²) >= 11 is 1.47. The van der Waals surface area contributed by atoms with Crippen LogP contribution in [0, 0.1) is 0 Å². The van der Waals surface area contributed by atoms with E-state index in [1.165, 1.54) is 11.3 Å². The standard InChI is InChI=1S/C21H22N2O5S/c1-3-26-16-10-9-14(11-17(16)27-4-2)21(25)22-12-20(24)28-13-19-23-15-7-5-6-8-18(15)29-19/h5-11H,3-4,12-13H2,1-2H3,(H,22,25). The predicted molar refractivity (Wildman–Crippen MR) is 111 cm³/mol. The first kappa shape index (κ1) is 20.6. The summed E-state index contributed by atoms with van der Waals surface area (Å²) in [4.78, 5) is 28.7. The molecule has 1 heterocycles. The van der Waals surface area contributed by atoms with E-state index < -0.39 is 11.9 Å². The molecule has 0 unspecified atom stereocenters. The van der Waals surface area contributed by atoms with Gasteiger partial charge in [-0.25, -0.2) is 4.98 Å². The SMILES string of the molecule is CCOc1ccc(C(=O)NCC(=O)OCc2nc3ccccc3s2)cc1OCC. The Morgan fingerprint density at radius 1 is 1.03 bits per heavy atom. The molecule has 0 saturated carbocycles. The van der Waals surface area contributed by atoms with Crippen LogP contribution in [0.5, 0.6) is 11.5 Å². The fraction of sp³-hybridized carbons (Fsp3) is 0.286. The maximum atomic E-state index is 12.3. The van der Waals surface area contributed by atoms with Crippen LogP contribution in [0.1, 0.15) is 29.2 Å². The minimum absolute atomic E-state index is 0.0750. The fourth-order valence-corrected chi connectivity index (χ4v) is 3.50. The molecule has 8 heteroatoms. The number of hydrogen-bond donors (Lipinski definition) is 1. The first-order valence-corrected chi connectivity index (χ1v) is 10.1. The van der Waals surface area contributed by atoms with Crippen molar-refractivity contribution >= 4 is 33.4 Å². The van der Waals surface area contributed by atoms with Crippen molar-refractivity contribution in [3.05, 3.63) is 53.0 Å². The smallest absolute Gasteiger partial charge is 0.325 e. The molecule has 1 amide bonds. The molecule has 0 fully saturated rings. The Morgan fingerprint density at radius 3 is 2.55 bits per heavy atom. The number of esters is 1. The predicted octanol–water partition coefficient (Wildman–Crippen LogP) is 3.57. The fourth-order valence-electron chi connectivity index (χ4n) is 2.62. The number of carbonyl (C=O) groups is 2. The highest BCUT2D eigenvalue weighted by molar-refractivity contribution is 7.18. The van der Waals surface area contributed by atoms with Crippen LogP contribution in [0.2, 0.25) is 0 Å². The molecular weight excluding hydrogens is 392 g/mol. The molecule has 3 rings (SSSR count). The second kappa shape index (κ2) is 9.88. The average molecular weight is 414 g/mol. The van der Waals surface area contributed by atoms with E-state index >= 15 is 0 Å². The van der Waals surface area contributed by atoms with Crippen molar-refractivity contribution in [3.8, 4) is 11.5 Å². The minimum atomic E-state index is -0.534. The number of hydrogen-bond acceptors (Lipinski definition) is 7. The Hall–Kier alpha value is -3.13. The van der Waals surface area contributed by atoms with E-state index in [1.807, 2.05) is 38.1 Å². The van der Waals surface area contributed by atoms with Crippen LogP contribution in [-0.2, 0) is 16.1 Å². The van der Waals surface area contributed by atoms with Crippen LogP contribution in [0.25, 0.3) is 10.2 Å². The molecule has 0 saturated heterocycles. The lowest BCUT2D eigenvalue weighted by atomic mass is 10.2. The Morgan fingerprint density at radius 2 is 1.79 bits per heavy atom. The number of nitrogens with one attached hydrogen (secondary N) is 1. The third-order valence-corrected chi connectivity index (χ3v) is 4.90. The monoisotopic (exact) mass is 414 g/mol. The maximum Gasteiger partial charge on any atom is 0.325 e. The van der Waals surface area contributed by atoms with E-state index in [9.17, 15) is 9.59 Å². The van der Waals surface area contributed by atoms with Gasteiger partial charge >= 0.3 is 5.97 Å². The maximum absolute atomic E-state index is 12.3. The van der Waals surface area contributed by atoms with Gasteiger partial charge in [-0.05, 0) is 44.2 Å².